The van der Waals surface area contributed by atoms with E-state index >= 15 is 0 Å². The first-order chi connectivity index (χ1) is 17.3. The maximum Gasteiger partial charge on any atom is 0.305 e. The van der Waals surface area contributed by atoms with Gasteiger partial charge in [-0.2, -0.15) is 9.78 Å². The highest BCUT2D eigenvalue weighted by atomic mass is 19.1. The van der Waals surface area contributed by atoms with Gasteiger partial charge < -0.3 is 25.0 Å². The number of aliphatic hydroxyl groups is 1. The fraction of sp³-hybridized carbons (Fsp3) is 0.370. The van der Waals surface area contributed by atoms with Crippen molar-refractivity contribution in [2.24, 2.45) is 5.41 Å². The van der Waals surface area contributed by atoms with Crippen LogP contribution in [-0.4, -0.2) is 51.2 Å². The number of halogens is 1. The standard InChI is InChI=1S/C27H32FN3O6/c1-26(2,3)27(4,35)16-37-23-14-21(30-31(23)22-12-7-6-11-19(22)28)25(34)29-20(15-24(32)33)17-9-8-10-18(13-17)36-5/h6-14,20,35H,15-16H2,1-5H3,(H,29,34)(H,32,33)/t20-,27+/m0/s1. The Morgan fingerprint density at radius 3 is 2.43 bits per heavy atom. The van der Waals surface area contributed by atoms with Crippen LogP contribution in [0.15, 0.2) is 54.6 Å². The highest BCUT2D eigenvalue weighted by Crippen LogP contribution is 2.31. The van der Waals surface area contributed by atoms with Gasteiger partial charge in [0.1, 0.15) is 29.5 Å². The van der Waals surface area contributed by atoms with Crippen molar-refractivity contribution >= 4 is 11.9 Å². The Bertz CT molecular complexity index is 1270. The molecular formula is C27H32FN3O6. The molecule has 0 fully saturated rings. The molecule has 3 N–H and O–H groups in total. The number of carbonyl (C=O) groups excluding carboxylic acids is 1. The number of ether oxygens (including phenoxy) is 2. The summed E-state index contributed by atoms with van der Waals surface area (Å²) in [6.07, 6.45) is -0.384. The number of nitrogens with one attached hydrogen (secondary N) is 1. The average molecular weight is 514 g/mol. The van der Waals surface area contributed by atoms with Crippen LogP contribution in [0.4, 0.5) is 4.39 Å². The van der Waals surface area contributed by atoms with E-state index in [2.05, 4.69) is 10.4 Å². The van der Waals surface area contributed by atoms with E-state index in [4.69, 9.17) is 9.47 Å². The lowest BCUT2D eigenvalue weighted by Gasteiger charge is -2.36. The molecule has 0 radical (unpaired) electrons. The van der Waals surface area contributed by atoms with Crippen LogP contribution in [0.1, 0.15) is 56.2 Å². The number of carbonyl (C=O) groups is 2. The number of carboxylic acids is 1. The van der Waals surface area contributed by atoms with Gasteiger partial charge in [0.25, 0.3) is 5.91 Å². The summed E-state index contributed by atoms with van der Waals surface area (Å²) in [5, 5.41) is 27.2. The molecule has 0 aliphatic rings. The molecule has 2 atom stereocenters. The van der Waals surface area contributed by atoms with E-state index in [9.17, 15) is 24.2 Å². The monoisotopic (exact) mass is 513 g/mol. The molecule has 198 valence electrons. The second kappa shape index (κ2) is 11.0. The first-order valence-corrected chi connectivity index (χ1v) is 11.7. The Balaban J connectivity index is 1.96. The molecule has 0 saturated heterocycles. The van der Waals surface area contributed by atoms with Gasteiger partial charge in [-0.1, -0.05) is 45.0 Å². The molecule has 0 saturated carbocycles. The van der Waals surface area contributed by atoms with E-state index in [0.717, 1.165) is 4.68 Å². The molecule has 3 aromatic rings. The van der Waals surface area contributed by atoms with Crippen molar-refractivity contribution in [1.82, 2.24) is 15.1 Å². The van der Waals surface area contributed by atoms with E-state index in [0.29, 0.717) is 11.3 Å². The van der Waals surface area contributed by atoms with E-state index in [-0.39, 0.29) is 30.3 Å². The second-order valence-corrected chi connectivity index (χ2v) is 9.94. The van der Waals surface area contributed by atoms with E-state index in [1.165, 1.54) is 31.4 Å². The molecule has 10 heteroatoms. The van der Waals surface area contributed by atoms with Gasteiger partial charge in [0.05, 0.1) is 19.6 Å². The summed E-state index contributed by atoms with van der Waals surface area (Å²) in [5.74, 6) is -1.84. The number of aromatic nitrogens is 2. The predicted molar refractivity (Wildman–Crippen MR) is 135 cm³/mol. The van der Waals surface area contributed by atoms with Crippen LogP contribution in [-0.2, 0) is 4.79 Å². The summed E-state index contributed by atoms with van der Waals surface area (Å²) < 4.78 is 26.8. The Morgan fingerprint density at radius 2 is 1.81 bits per heavy atom. The number of para-hydroxylation sites is 1. The number of methoxy groups -OCH3 is 1. The molecule has 1 aromatic heterocycles. The van der Waals surface area contributed by atoms with E-state index < -0.39 is 34.8 Å². The van der Waals surface area contributed by atoms with Crippen molar-refractivity contribution in [3.05, 3.63) is 71.7 Å². The van der Waals surface area contributed by atoms with Crippen molar-refractivity contribution in [2.75, 3.05) is 13.7 Å². The molecule has 0 unspecified atom stereocenters. The van der Waals surface area contributed by atoms with Gasteiger partial charge in [0.15, 0.2) is 5.69 Å². The maximum atomic E-state index is 14.6. The smallest absolute Gasteiger partial charge is 0.305 e. The summed E-state index contributed by atoms with van der Waals surface area (Å²) in [6, 6.07) is 13.0. The number of rotatable bonds is 10. The van der Waals surface area contributed by atoms with E-state index in [1.54, 1.807) is 37.3 Å². The number of amides is 1. The third-order valence-electron chi connectivity index (χ3n) is 6.29. The van der Waals surface area contributed by atoms with Crippen molar-refractivity contribution in [3.63, 3.8) is 0 Å². The summed E-state index contributed by atoms with van der Waals surface area (Å²) >= 11 is 0. The Hall–Kier alpha value is -3.92. The molecule has 3 rings (SSSR count). The van der Waals surface area contributed by atoms with Crippen LogP contribution >= 0.6 is 0 Å². The topological polar surface area (TPSA) is 123 Å². The minimum Gasteiger partial charge on any atom is -0.497 e. The molecule has 37 heavy (non-hydrogen) atoms. The third kappa shape index (κ3) is 6.65. The molecule has 1 heterocycles. The van der Waals surface area contributed by atoms with Gasteiger partial charge in [0, 0.05) is 6.07 Å². The lowest BCUT2D eigenvalue weighted by atomic mass is 9.78. The van der Waals surface area contributed by atoms with Crippen molar-refractivity contribution in [3.8, 4) is 17.3 Å². The normalized spacial score (nSPS) is 13.9. The average Bonchev–Trinajstić information content (AvgIpc) is 3.26. The first-order valence-electron chi connectivity index (χ1n) is 11.7. The van der Waals surface area contributed by atoms with Gasteiger partial charge in [-0.05, 0) is 42.2 Å². The predicted octanol–water partition coefficient (Wildman–Crippen LogP) is 4.14. The van der Waals surface area contributed by atoms with Crippen molar-refractivity contribution in [2.45, 2.75) is 45.8 Å². The number of hydrogen-bond donors (Lipinski definition) is 3. The van der Waals surface area contributed by atoms with Gasteiger partial charge >= 0.3 is 5.97 Å². The lowest BCUT2D eigenvalue weighted by molar-refractivity contribution is -0.137. The second-order valence-electron chi connectivity index (χ2n) is 9.94. The number of carboxylic acid groups (broad SMARTS) is 1. The Morgan fingerprint density at radius 1 is 1.11 bits per heavy atom. The molecule has 2 aromatic carbocycles. The molecule has 1 amide bonds. The number of hydrogen-bond acceptors (Lipinski definition) is 6. The largest absolute Gasteiger partial charge is 0.497 e. The minimum absolute atomic E-state index is 0.0379. The fourth-order valence-electron chi connectivity index (χ4n) is 3.32. The number of nitrogens with zero attached hydrogens (tertiary/aromatic N) is 2. The minimum atomic E-state index is -1.25. The van der Waals surface area contributed by atoms with Gasteiger partial charge in [-0.25, -0.2) is 4.39 Å². The van der Waals surface area contributed by atoms with Crippen LogP contribution in [0.3, 0.4) is 0 Å². The highest BCUT2D eigenvalue weighted by Gasteiger charge is 2.36. The van der Waals surface area contributed by atoms with Gasteiger partial charge in [0.2, 0.25) is 5.88 Å². The quantitative estimate of drug-likeness (QED) is 0.372. The molecular weight excluding hydrogens is 481 g/mol. The van der Waals surface area contributed by atoms with Crippen molar-refractivity contribution < 1.29 is 33.7 Å². The first kappa shape index (κ1) is 27.7. The highest BCUT2D eigenvalue weighted by molar-refractivity contribution is 5.93. The zero-order valence-electron chi connectivity index (χ0n) is 21.5. The van der Waals surface area contributed by atoms with Crippen LogP contribution < -0.4 is 14.8 Å². The molecule has 9 nitrogen and oxygen atoms in total. The maximum absolute atomic E-state index is 14.6. The molecule has 0 aliphatic heterocycles. The van der Waals surface area contributed by atoms with Crippen molar-refractivity contribution in [1.29, 1.82) is 0 Å². The summed E-state index contributed by atoms with van der Waals surface area (Å²) in [6.45, 7) is 7.03. The summed E-state index contributed by atoms with van der Waals surface area (Å²) in [5.41, 5.74) is -1.33. The number of benzene rings is 2. The van der Waals surface area contributed by atoms with Gasteiger partial charge in [-0.15, -0.1) is 0 Å². The lowest BCUT2D eigenvalue weighted by Crippen LogP contribution is -2.45. The summed E-state index contributed by atoms with van der Waals surface area (Å²) in [4.78, 5) is 24.7. The molecule has 0 bridgehead atoms. The zero-order valence-corrected chi connectivity index (χ0v) is 21.5. The van der Waals surface area contributed by atoms with Crippen LogP contribution in [0.2, 0.25) is 0 Å². The Kier molecular flexibility index (Phi) is 8.22. The van der Waals surface area contributed by atoms with Crippen LogP contribution in [0, 0.1) is 11.2 Å². The third-order valence-corrected chi connectivity index (χ3v) is 6.29. The van der Waals surface area contributed by atoms with Crippen LogP contribution in [0.25, 0.3) is 5.69 Å². The SMILES string of the molecule is COc1cccc([C@H](CC(=O)O)NC(=O)c2cc(OC[C@@](C)(O)C(C)(C)C)n(-c3ccccc3F)n2)c1. The van der Waals surface area contributed by atoms with Gasteiger partial charge in [-0.3, -0.25) is 9.59 Å². The zero-order chi connectivity index (χ0) is 27.4. The molecule has 0 spiro atoms. The summed E-state index contributed by atoms with van der Waals surface area (Å²) in [7, 11) is 1.48. The Labute approximate surface area is 214 Å². The fourth-order valence-corrected chi connectivity index (χ4v) is 3.32. The van der Waals surface area contributed by atoms with E-state index in [1.807, 2.05) is 20.8 Å². The number of aliphatic carboxylic acids is 1. The molecule has 0 aliphatic carbocycles. The van der Waals surface area contributed by atoms with Crippen LogP contribution in [0.5, 0.6) is 11.6 Å².